The third-order valence-corrected chi connectivity index (χ3v) is 3.10. The monoisotopic (exact) mass is 265 g/mol. The number of aromatic carboxylic acids is 1. The molecule has 0 bridgehead atoms. The minimum absolute atomic E-state index is 0.106. The Balaban J connectivity index is 2.21. The molecule has 3 rings (SSSR count). The maximum absolute atomic E-state index is 11.0. The third-order valence-electron chi connectivity index (χ3n) is 3.10. The fourth-order valence-corrected chi connectivity index (χ4v) is 2.09. The first-order valence-corrected chi connectivity index (χ1v) is 6.08. The van der Waals surface area contributed by atoms with Crippen LogP contribution in [0.4, 0.5) is 0 Å². The molecule has 0 amide bonds. The van der Waals surface area contributed by atoms with E-state index in [9.17, 15) is 4.79 Å². The van der Waals surface area contributed by atoms with E-state index in [0.717, 1.165) is 10.8 Å². The number of aromatic nitrogens is 3. The van der Waals surface area contributed by atoms with E-state index in [1.165, 1.54) is 6.20 Å². The van der Waals surface area contributed by atoms with E-state index in [1.54, 1.807) is 13.1 Å². The second-order valence-corrected chi connectivity index (χ2v) is 4.38. The Labute approximate surface area is 115 Å². The summed E-state index contributed by atoms with van der Waals surface area (Å²) in [5, 5.41) is 11.0. The van der Waals surface area contributed by atoms with Gasteiger partial charge in [-0.05, 0) is 18.4 Å². The first kappa shape index (κ1) is 12.2. The van der Waals surface area contributed by atoms with Crippen LogP contribution in [0.3, 0.4) is 0 Å². The fourth-order valence-electron chi connectivity index (χ4n) is 2.09. The zero-order chi connectivity index (χ0) is 14.1. The van der Waals surface area contributed by atoms with Crippen molar-refractivity contribution in [3.05, 3.63) is 54.0 Å². The van der Waals surface area contributed by atoms with Crippen LogP contribution < -0.4 is 0 Å². The first-order chi connectivity index (χ1) is 9.66. The molecule has 0 saturated carbocycles. The molecule has 0 atom stereocenters. The van der Waals surface area contributed by atoms with Crippen LogP contribution in [0.5, 0.6) is 0 Å². The van der Waals surface area contributed by atoms with Gasteiger partial charge in [-0.25, -0.2) is 14.8 Å². The van der Waals surface area contributed by atoms with Crippen LogP contribution in [0.1, 0.15) is 16.1 Å². The second-order valence-electron chi connectivity index (χ2n) is 4.38. The molecule has 5 heteroatoms. The molecule has 98 valence electrons. The van der Waals surface area contributed by atoms with Gasteiger partial charge in [0.15, 0.2) is 5.82 Å². The van der Waals surface area contributed by atoms with Gasteiger partial charge in [0.05, 0.1) is 11.3 Å². The third kappa shape index (κ3) is 1.99. The summed E-state index contributed by atoms with van der Waals surface area (Å²) in [6.07, 6.45) is 3.02. The summed E-state index contributed by atoms with van der Waals surface area (Å²) < 4.78 is 0. The number of benzene rings is 1. The van der Waals surface area contributed by atoms with Gasteiger partial charge in [0.1, 0.15) is 5.69 Å². The van der Waals surface area contributed by atoms with Crippen molar-refractivity contribution in [1.82, 2.24) is 15.0 Å². The first-order valence-electron chi connectivity index (χ1n) is 6.08. The van der Waals surface area contributed by atoms with Crippen LogP contribution in [0, 0.1) is 6.92 Å². The number of hydrogen-bond donors (Lipinski definition) is 1. The Hall–Kier alpha value is -2.82. The highest BCUT2D eigenvalue weighted by atomic mass is 16.4. The van der Waals surface area contributed by atoms with Crippen LogP contribution in [0.15, 0.2) is 42.7 Å². The van der Waals surface area contributed by atoms with E-state index in [-0.39, 0.29) is 5.56 Å². The predicted octanol–water partition coefficient (Wildman–Crippen LogP) is 2.70. The van der Waals surface area contributed by atoms with Gasteiger partial charge in [-0.15, -0.1) is 0 Å². The zero-order valence-electron chi connectivity index (χ0n) is 10.7. The van der Waals surface area contributed by atoms with Crippen LogP contribution in [-0.2, 0) is 0 Å². The molecular weight excluding hydrogens is 254 g/mol. The molecule has 1 aromatic carbocycles. The highest BCUT2D eigenvalue weighted by molar-refractivity contribution is 5.93. The largest absolute Gasteiger partial charge is 0.478 e. The molecule has 0 unspecified atom stereocenters. The average molecular weight is 265 g/mol. The number of carboxylic acids is 1. The number of hydrogen-bond acceptors (Lipinski definition) is 4. The summed E-state index contributed by atoms with van der Waals surface area (Å²) in [6, 6.07) is 9.72. The average Bonchev–Trinajstić information content (AvgIpc) is 2.46. The second kappa shape index (κ2) is 4.70. The van der Waals surface area contributed by atoms with Crippen molar-refractivity contribution in [2.24, 2.45) is 0 Å². The molecule has 0 aliphatic heterocycles. The number of carbonyl (C=O) groups is 1. The maximum atomic E-state index is 11.0. The zero-order valence-corrected chi connectivity index (χ0v) is 10.7. The lowest BCUT2D eigenvalue weighted by molar-refractivity contribution is 0.0695. The van der Waals surface area contributed by atoms with Crippen LogP contribution in [0.25, 0.3) is 22.3 Å². The number of nitrogens with zero attached hydrogens (tertiary/aromatic N) is 3. The molecular formula is C15H11N3O2. The van der Waals surface area contributed by atoms with Crippen LogP contribution in [0.2, 0.25) is 0 Å². The highest BCUT2D eigenvalue weighted by Crippen LogP contribution is 2.24. The lowest BCUT2D eigenvalue weighted by Gasteiger charge is -2.06. The van der Waals surface area contributed by atoms with Gasteiger partial charge in [0.2, 0.25) is 0 Å². The minimum Gasteiger partial charge on any atom is -0.478 e. The summed E-state index contributed by atoms with van der Waals surface area (Å²) in [4.78, 5) is 23.7. The van der Waals surface area contributed by atoms with Crippen molar-refractivity contribution in [3.8, 4) is 11.5 Å². The molecule has 3 aromatic rings. The number of fused-ring (bicyclic) bond motifs is 1. The topological polar surface area (TPSA) is 76.0 Å². The number of carboxylic acid groups (broad SMARTS) is 1. The van der Waals surface area contributed by atoms with Crippen molar-refractivity contribution in [2.45, 2.75) is 6.92 Å². The maximum Gasteiger partial charge on any atom is 0.339 e. The van der Waals surface area contributed by atoms with Crippen molar-refractivity contribution in [3.63, 3.8) is 0 Å². The Morgan fingerprint density at radius 3 is 2.70 bits per heavy atom. The SMILES string of the molecule is Cc1nc(-c2nccc3ccccc23)ncc1C(=O)O. The van der Waals surface area contributed by atoms with E-state index in [2.05, 4.69) is 15.0 Å². The van der Waals surface area contributed by atoms with Crippen molar-refractivity contribution in [1.29, 1.82) is 0 Å². The Morgan fingerprint density at radius 1 is 1.15 bits per heavy atom. The summed E-state index contributed by atoms with van der Waals surface area (Å²) in [5.41, 5.74) is 1.19. The van der Waals surface area contributed by atoms with Gasteiger partial charge in [0.25, 0.3) is 0 Å². The summed E-state index contributed by atoms with van der Waals surface area (Å²) in [6.45, 7) is 1.65. The van der Waals surface area contributed by atoms with E-state index < -0.39 is 5.97 Å². The van der Waals surface area contributed by atoms with Gasteiger partial charge < -0.3 is 5.11 Å². The van der Waals surface area contributed by atoms with Crippen LogP contribution >= 0.6 is 0 Å². The van der Waals surface area contributed by atoms with Crippen molar-refractivity contribution in [2.75, 3.05) is 0 Å². The van der Waals surface area contributed by atoms with E-state index in [1.807, 2.05) is 30.3 Å². The lowest BCUT2D eigenvalue weighted by Crippen LogP contribution is -2.05. The Bertz CT molecular complexity index is 810. The van der Waals surface area contributed by atoms with Gasteiger partial charge in [0, 0.05) is 17.8 Å². The van der Waals surface area contributed by atoms with Gasteiger partial charge in [-0.3, -0.25) is 4.98 Å². The van der Waals surface area contributed by atoms with E-state index in [4.69, 9.17) is 5.11 Å². The molecule has 0 aliphatic carbocycles. The van der Waals surface area contributed by atoms with Crippen molar-refractivity contribution >= 4 is 16.7 Å². The number of rotatable bonds is 2. The lowest BCUT2D eigenvalue weighted by atomic mass is 10.1. The van der Waals surface area contributed by atoms with Gasteiger partial charge in [-0.2, -0.15) is 0 Å². The Morgan fingerprint density at radius 2 is 1.95 bits per heavy atom. The molecule has 0 spiro atoms. The number of aryl methyl sites for hydroxylation is 1. The van der Waals surface area contributed by atoms with Crippen molar-refractivity contribution < 1.29 is 9.90 Å². The highest BCUT2D eigenvalue weighted by Gasteiger charge is 2.13. The molecule has 0 saturated heterocycles. The fraction of sp³-hybridized carbons (Fsp3) is 0.0667. The standard InChI is InChI=1S/C15H11N3O2/c1-9-12(15(19)20)8-17-14(18-9)13-11-5-3-2-4-10(11)6-7-16-13/h2-8H,1H3,(H,19,20). The molecule has 2 aromatic heterocycles. The molecule has 0 radical (unpaired) electrons. The summed E-state index contributed by atoms with van der Waals surface area (Å²) >= 11 is 0. The molecule has 0 fully saturated rings. The summed E-state index contributed by atoms with van der Waals surface area (Å²) in [7, 11) is 0. The summed E-state index contributed by atoms with van der Waals surface area (Å²) in [5.74, 6) is -0.593. The van der Waals surface area contributed by atoms with Crippen LogP contribution in [-0.4, -0.2) is 26.0 Å². The van der Waals surface area contributed by atoms with Gasteiger partial charge in [-0.1, -0.05) is 24.3 Å². The minimum atomic E-state index is -1.03. The number of pyridine rings is 1. The predicted molar refractivity (Wildman–Crippen MR) is 74.5 cm³/mol. The Kier molecular flexibility index (Phi) is 2.87. The molecule has 20 heavy (non-hydrogen) atoms. The molecule has 1 N–H and O–H groups in total. The molecule has 5 nitrogen and oxygen atoms in total. The normalized spacial score (nSPS) is 10.7. The molecule has 0 aliphatic rings. The quantitative estimate of drug-likeness (QED) is 0.771. The van der Waals surface area contributed by atoms with Gasteiger partial charge >= 0.3 is 5.97 Å². The molecule has 2 heterocycles. The van der Waals surface area contributed by atoms with E-state index >= 15 is 0 Å². The smallest absolute Gasteiger partial charge is 0.339 e. The van der Waals surface area contributed by atoms with E-state index in [0.29, 0.717) is 17.2 Å².